The molecule has 0 radical (unpaired) electrons. The summed E-state index contributed by atoms with van der Waals surface area (Å²) in [5, 5.41) is 19.4. The van der Waals surface area contributed by atoms with Crippen molar-refractivity contribution in [2.45, 2.75) is 24.9 Å². The average Bonchev–Trinajstić information content (AvgIpc) is 2.63. The van der Waals surface area contributed by atoms with Crippen LogP contribution in [0.15, 0.2) is 0 Å². The van der Waals surface area contributed by atoms with Gasteiger partial charge in [-0.3, -0.25) is 4.79 Å². The van der Waals surface area contributed by atoms with Gasteiger partial charge in [0.2, 0.25) is 0 Å². The number of carboxylic acid groups (broad SMARTS) is 1. The largest absolute Gasteiger partial charge is 0.548 e. The zero-order valence-corrected chi connectivity index (χ0v) is 7.81. The van der Waals surface area contributed by atoms with E-state index in [2.05, 4.69) is 5.73 Å². The molecule has 1 rings (SSSR count). The van der Waals surface area contributed by atoms with Crippen LogP contribution < -0.4 is 10.8 Å². The molecule has 0 aliphatic carbocycles. The molecule has 0 bridgehead atoms. The van der Waals surface area contributed by atoms with Crippen LogP contribution in [-0.4, -0.2) is 47.1 Å². The first kappa shape index (κ1) is 10.9. The Labute approximate surface area is 81.3 Å². The Bertz CT molecular complexity index is 243. The molecule has 1 saturated heterocycles. The van der Waals surface area contributed by atoms with E-state index >= 15 is 0 Å². The molecule has 2 atom stereocenters. The van der Waals surface area contributed by atoms with Gasteiger partial charge in [0.25, 0.3) is 5.91 Å². The average molecular weight is 202 g/mol. The number of carboxylic acids is 1. The summed E-state index contributed by atoms with van der Waals surface area (Å²) in [7, 11) is 0. The minimum atomic E-state index is -1.24. The molecule has 0 aromatic rings. The fourth-order valence-electron chi connectivity index (χ4n) is 1.59. The molecule has 1 heterocycles. The lowest BCUT2D eigenvalue weighted by molar-refractivity contribution is -0.411. The Balaban J connectivity index is 2.67. The van der Waals surface area contributed by atoms with Gasteiger partial charge in [0.1, 0.15) is 6.61 Å². The van der Waals surface area contributed by atoms with Crippen LogP contribution in [0.5, 0.6) is 0 Å². The quantitative estimate of drug-likeness (QED) is 0.491. The summed E-state index contributed by atoms with van der Waals surface area (Å²) in [4.78, 5) is 23.4. The fourth-order valence-corrected chi connectivity index (χ4v) is 1.59. The molecule has 0 spiro atoms. The Morgan fingerprint density at radius 1 is 1.64 bits per heavy atom. The molecule has 80 valence electrons. The van der Waals surface area contributed by atoms with Crippen molar-refractivity contribution in [1.82, 2.24) is 4.90 Å². The number of hydrogen-bond acceptors (Lipinski definition) is 4. The van der Waals surface area contributed by atoms with E-state index in [9.17, 15) is 14.7 Å². The standard InChI is InChI=1S/C8H14N2O4/c9-5(4-11)7(12)10-3-1-2-6(10)8(13)14/h5-6,11H,1-4,9H2,(H,13,14)/t5-,6+/m0/s1. The monoisotopic (exact) mass is 202 g/mol. The predicted octanol–water partition coefficient (Wildman–Crippen LogP) is -3.67. The van der Waals surface area contributed by atoms with Crippen LogP contribution in [-0.2, 0) is 9.59 Å². The first-order valence-corrected chi connectivity index (χ1v) is 4.53. The van der Waals surface area contributed by atoms with Gasteiger partial charge in [-0.25, -0.2) is 0 Å². The maximum Gasteiger partial charge on any atom is 0.283 e. The van der Waals surface area contributed by atoms with E-state index < -0.39 is 24.0 Å². The molecule has 14 heavy (non-hydrogen) atoms. The number of carbonyl (C=O) groups is 2. The Morgan fingerprint density at radius 2 is 2.29 bits per heavy atom. The van der Waals surface area contributed by atoms with E-state index in [-0.39, 0.29) is 6.61 Å². The number of aliphatic hydroxyl groups excluding tert-OH is 1. The predicted molar refractivity (Wildman–Crippen MR) is 43.5 cm³/mol. The van der Waals surface area contributed by atoms with Crippen LogP contribution in [0.1, 0.15) is 12.8 Å². The Kier molecular flexibility index (Phi) is 3.43. The first-order chi connectivity index (χ1) is 6.57. The fraction of sp³-hybridized carbons (Fsp3) is 0.750. The van der Waals surface area contributed by atoms with E-state index in [1.165, 1.54) is 4.90 Å². The second-order valence-corrected chi connectivity index (χ2v) is 3.39. The van der Waals surface area contributed by atoms with Crippen LogP contribution in [0.2, 0.25) is 0 Å². The lowest BCUT2D eigenvalue weighted by Crippen LogP contribution is -2.70. The van der Waals surface area contributed by atoms with Gasteiger partial charge in [-0.15, -0.1) is 0 Å². The number of rotatable bonds is 3. The Hall–Kier alpha value is -1.14. The minimum Gasteiger partial charge on any atom is -0.548 e. The van der Waals surface area contributed by atoms with Gasteiger partial charge in [0, 0.05) is 6.54 Å². The maximum absolute atomic E-state index is 11.5. The van der Waals surface area contributed by atoms with Gasteiger partial charge < -0.3 is 25.6 Å². The molecule has 0 unspecified atom stereocenters. The molecular weight excluding hydrogens is 188 g/mol. The van der Waals surface area contributed by atoms with Crippen molar-refractivity contribution < 1.29 is 25.5 Å². The number of aliphatic hydroxyl groups is 1. The summed E-state index contributed by atoms with van der Waals surface area (Å²) in [5.74, 6) is -1.65. The minimum absolute atomic E-state index is 0.366. The molecule has 6 nitrogen and oxygen atoms in total. The highest BCUT2D eigenvalue weighted by Crippen LogP contribution is 2.16. The normalized spacial score (nSPS) is 23.6. The number of hydrogen-bond donors (Lipinski definition) is 2. The van der Waals surface area contributed by atoms with Gasteiger partial charge in [-0.1, -0.05) is 0 Å². The summed E-state index contributed by atoms with van der Waals surface area (Å²) in [6.45, 7) is 0.0403. The van der Waals surface area contributed by atoms with Gasteiger partial charge in [-0.05, 0) is 12.8 Å². The topological polar surface area (TPSA) is 108 Å². The number of carbonyl (C=O) groups excluding carboxylic acids is 2. The van der Waals surface area contributed by atoms with Gasteiger partial charge >= 0.3 is 0 Å². The lowest BCUT2D eigenvalue weighted by Gasteiger charge is -2.25. The first-order valence-electron chi connectivity index (χ1n) is 4.53. The van der Waals surface area contributed by atoms with Crippen molar-refractivity contribution in [3.05, 3.63) is 0 Å². The van der Waals surface area contributed by atoms with E-state index in [0.29, 0.717) is 19.4 Å². The second kappa shape index (κ2) is 4.39. The Morgan fingerprint density at radius 3 is 2.79 bits per heavy atom. The van der Waals surface area contributed by atoms with Crippen LogP contribution >= 0.6 is 0 Å². The van der Waals surface area contributed by atoms with Crippen molar-refractivity contribution in [3.63, 3.8) is 0 Å². The molecule has 1 amide bonds. The third-order valence-corrected chi connectivity index (χ3v) is 2.38. The third-order valence-electron chi connectivity index (χ3n) is 2.38. The van der Waals surface area contributed by atoms with Crippen molar-refractivity contribution >= 4 is 11.9 Å². The lowest BCUT2D eigenvalue weighted by atomic mass is 10.2. The molecule has 1 fully saturated rings. The molecule has 1 aliphatic heterocycles. The van der Waals surface area contributed by atoms with Gasteiger partial charge in [-0.2, -0.15) is 0 Å². The SMILES string of the molecule is [NH3+][C@@H](CO)C(=O)N1CCC[C@@H]1C(=O)[O-]. The van der Waals surface area contributed by atoms with Gasteiger partial charge in [0.05, 0.1) is 12.0 Å². The molecule has 0 aromatic heterocycles. The summed E-state index contributed by atoms with van der Waals surface area (Å²) in [5.41, 5.74) is 3.44. The van der Waals surface area contributed by atoms with Gasteiger partial charge in [0.15, 0.2) is 6.04 Å². The zero-order chi connectivity index (χ0) is 10.7. The summed E-state index contributed by atoms with van der Waals surface area (Å²) in [6.07, 6.45) is 1.08. The number of aliphatic carboxylic acids is 1. The van der Waals surface area contributed by atoms with Crippen LogP contribution in [0.25, 0.3) is 0 Å². The number of nitrogens with zero attached hydrogens (tertiary/aromatic N) is 1. The third kappa shape index (κ3) is 2.02. The smallest absolute Gasteiger partial charge is 0.283 e. The molecule has 4 N–H and O–H groups in total. The second-order valence-electron chi connectivity index (χ2n) is 3.39. The molecule has 0 saturated carbocycles. The highest BCUT2D eigenvalue weighted by molar-refractivity contribution is 5.86. The highest BCUT2D eigenvalue weighted by Gasteiger charge is 2.33. The van der Waals surface area contributed by atoms with Crippen molar-refractivity contribution in [3.8, 4) is 0 Å². The molecule has 6 heteroatoms. The number of likely N-dealkylation sites (tertiary alicyclic amines) is 1. The molecule has 1 aliphatic rings. The van der Waals surface area contributed by atoms with Crippen LogP contribution in [0, 0.1) is 0 Å². The van der Waals surface area contributed by atoms with E-state index in [1.807, 2.05) is 0 Å². The van der Waals surface area contributed by atoms with Crippen molar-refractivity contribution in [2.75, 3.05) is 13.2 Å². The van der Waals surface area contributed by atoms with E-state index in [4.69, 9.17) is 5.11 Å². The number of amides is 1. The maximum atomic E-state index is 11.5. The summed E-state index contributed by atoms with van der Waals surface area (Å²) in [6, 6.07) is -1.63. The van der Waals surface area contributed by atoms with E-state index in [1.54, 1.807) is 0 Å². The van der Waals surface area contributed by atoms with Crippen molar-refractivity contribution in [2.24, 2.45) is 0 Å². The molecular formula is C8H14N2O4. The zero-order valence-electron chi connectivity index (χ0n) is 7.81. The van der Waals surface area contributed by atoms with Crippen molar-refractivity contribution in [1.29, 1.82) is 0 Å². The highest BCUT2D eigenvalue weighted by atomic mass is 16.4. The van der Waals surface area contributed by atoms with Crippen LogP contribution in [0.3, 0.4) is 0 Å². The van der Waals surface area contributed by atoms with Crippen LogP contribution in [0.4, 0.5) is 0 Å². The summed E-state index contributed by atoms with van der Waals surface area (Å²) < 4.78 is 0. The summed E-state index contributed by atoms with van der Waals surface area (Å²) >= 11 is 0. The number of quaternary nitrogens is 1. The van der Waals surface area contributed by atoms with E-state index in [0.717, 1.165) is 0 Å². The molecule has 0 aromatic carbocycles.